The van der Waals surface area contributed by atoms with Gasteiger partial charge >= 0.3 is 0 Å². The molecular weight excluding hydrogens is 314 g/mol. The Labute approximate surface area is 145 Å². The Morgan fingerprint density at radius 1 is 1.17 bits per heavy atom. The highest BCUT2D eigenvalue weighted by atomic mass is 35.5. The molecule has 0 spiro atoms. The highest BCUT2D eigenvalue weighted by molar-refractivity contribution is 5.85. The van der Waals surface area contributed by atoms with Gasteiger partial charge in [0.05, 0.1) is 11.3 Å². The minimum Gasteiger partial charge on any atom is -0.355 e. The molecule has 2 bridgehead atoms. The third-order valence-corrected chi connectivity index (χ3v) is 6.30. The lowest BCUT2D eigenvalue weighted by molar-refractivity contribution is -0.139. The minimum absolute atomic E-state index is 0. The van der Waals surface area contributed by atoms with E-state index in [9.17, 15) is 9.59 Å². The quantitative estimate of drug-likeness (QED) is 0.813. The van der Waals surface area contributed by atoms with E-state index in [1.54, 1.807) is 19.0 Å². The first-order valence-corrected chi connectivity index (χ1v) is 8.70. The molecule has 132 valence electrons. The van der Waals surface area contributed by atoms with Crippen molar-refractivity contribution < 1.29 is 9.59 Å². The van der Waals surface area contributed by atoms with Crippen LogP contribution in [0.4, 0.5) is 0 Å². The highest BCUT2D eigenvalue weighted by Crippen LogP contribution is 2.48. The zero-order valence-electron chi connectivity index (χ0n) is 14.2. The van der Waals surface area contributed by atoms with E-state index in [1.807, 2.05) is 0 Å². The number of nitrogens with one attached hydrogen (secondary N) is 1. The highest BCUT2D eigenvalue weighted by Gasteiger charge is 2.50. The van der Waals surface area contributed by atoms with Gasteiger partial charge in [0.2, 0.25) is 11.8 Å². The van der Waals surface area contributed by atoms with E-state index < -0.39 is 0 Å². The minimum atomic E-state index is -0.388. The average Bonchev–Trinajstić information content (AvgIpc) is 3.20. The van der Waals surface area contributed by atoms with Gasteiger partial charge in [0, 0.05) is 26.7 Å². The van der Waals surface area contributed by atoms with Crippen LogP contribution in [0.25, 0.3) is 0 Å². The van der Waals surface area contributed by atoms with Crippen LogP contribution in [-0.2, 0) is 9.59 Å². The predicted octanol–water partition coefficient (Wildman–Crippen LogP) is 1.55. The first-order chi connectivity index (χ1) is 10.4. The molecule has 0 aromatic carbocycles. The van der Waals surface area contributed by atoms with Gasteiger partial charge in [-0.05, 0) is 43.9 Å². The fourth-order valence-electron chi connectivity index (χ4n) is 5.09. The third kappa shape index (κ3) is 3.22. The van der Waals surface area contributed by atoms with Gasteiger partial charge < -0.3 is 16.0 Å². The van der Waals surface area contributed by atoms with Crippen LogP contribution < -0.4 is 11.1 Å². The number of hydrogen-bond acceptors (Lipinski definition) is 3. The number of amides is 2. The maximum absolute atomic E-state index is 12.6. The molecule has 3 N–H and O–H groups in total. The van der Waals surface area contributed by atoms with E-state index >= 15 is 0 Å². The normalized spacial score (nSPS) is 34.0. The van der Waals surface area contributed by atoms with E-state index in [1.165, 1.54) is 6.42 Å². The number of nitrogens with zero attached hydrogens (tertiary/aromatic N) is 1. The fraction of sp³-hybridized carbons (Fsp3) is 0.882. The topological polar surface area (TPSA) is 75.4 Å². The average molecular weight is 344 g/mol. The molecule has 0 saturated heterocycles. The number of nitrogens with two attached hydrogens (primary N) is 1. The van der Waals surface area contributed by atoms with Crippen LogP contribution in [0.1, 0.15) is 44.9 Å². The van der Waals surface area contributed by atoms with Gasteiger partial charge in [-0.25, -0.2) is 0 Å². The van der Waals surface area contributed by atoms with Crippen molar-refractivity contribution in [3.05, 3.63) is 0 Å². The van der Waals surface area contributed by atoms with Crippen molar-refractivity contribution in [3.8, 4) is 0 Å². The molecule has 23 heavy (non-hydrogen) atoms. The Morgan fingerprint density at radius 2 is 1.78 bits per heavy atom. The maximum atomic E-state index is 12.6. The fourth-order valence-corrected chi connectivity index (χ4v) is 5.09. The van der Waals surface area contributed by atoms with Gasteiger partial charge in [-0.2, -0.15) is 0 Å². The molecule has 3 aliphatic carbocycles. The first-order valence-electron chi connectivity index (χ1n) is 8.70. The lowest BCUT2D eigenvalue weighted by Gasteiger charge is -2.33. The van der Waals surface area contributed by atoms with Crippen molar-refractivity contribution in [1.82, 2.24) is 10.2 Å². The summed E-state index contributed by atoms with van der Waals surface area (Å²) in [5, 5.41) is 3.09. The largest absolute Gasteiger partial charge is 0.355 e. The van der Waals surface area contributed by atoms with Crippen LogP contribution in [-0.4, -0.2) is 43.4 Å². The summed E-state index contributed by atoms with van der Waals surface area (Å²) in [6.07, 6.45) is 7.34. The molecule has 4 unspecified atom stereocenters. The number of hydrogen-bond donors (Lipinski definition) is 2. The number of fused-ring (bicyclic) bond motifs is 2. The lowest BCUT2D eigenvalue weighted by atomic mass is 9.82. The summed E-state index contributed by atoms with van der Waals surface area (Å²) in [5.41, 5.74) is 5.87. The molecule has 3 saturated carbocycles. The van der Waals surface area contributed by atoms with E-state index in [0.717, 1.165) is 38.5 Å². The Bertz CT molecular complexity index is 461. The zero-order valence-corrected chi connectivity index (χ0v) is 15.0. The molecule has 3 fully saturated rings. The molecule has 2 amide bonds. The Morgan fingerprint density at radius 3 is 2.30 bits per heavy atom. The van der Waals surface area contributed by atoms with Gasteiger partial charge in [0.15, 0.2) is 0 Å². The summed E-state index contributed by atoms with van der Waals surface area (Å²) in [6, 6.07) is 0.0165. The van der Waals surface area contributed by atoms with Crippen LogP contribution >= 0.6 is 12.4 Å². The molecule has 0 aromatic heterocycles. The number of rotatable bonds is 4. The predicted molar refractivity (Wildman–Crippen MR) is 92.1 cm³/mol. The van der Waals surface area contributed by atoms with Crippen molar-refractivity contribution >= 4 is 24.2 Å². The van der Waals surface area contributed by atoms with Crippen molar-refractivity contribution in [2.45, 2.75) is 51.0 Å². The number of carbonyl (C=O) groups is 2. The number of halogens is 1. The summed E-state index contributed by atoms with van der Waals surface area (Å²) >= 11 is 0. The zero-order chi connectivity index (χ0) is 15.9. The SMILES string of the molecule is CN(C)C(=O)C1(CNC(=O)C2C3CCC(C3)C2N)CCCC1.Cl. The second-order valence-corrected chi connectivity index (χ2v) is 7.84. The summed E-state index contributed by atoms with van der Waals surface area (Å²) in [5.74, 6) is 1.19. The van der Waals surface area contributed by atoms with Gasteiger partial charge in [0.1, 0.15) is 0 Å². The molecule has 3 rings (SSSR count). The van der Waals surface area contributed by atoms with Crippen molar-refractivity contribution in [1.29, 1.82) is 0 Å². The molecule has 0 aliphatic heterocycles. The van der Waals surface area contributed by atoms with Gasteiger partial charge in [0.25, 0.3) is 0 Å². The van der Waals surface area contributed by atoms with Gasteiger partial charge in [-0.15, -0.1) is 12.4 Å². The molecule has 5 nitrogen and oxygen atoms in total. The summed E-state index contributed by atoms with van der Waals surface area (Å²) in [4.78, 5) is 26.8. The molecular formula is C17H30ClN3O2. The van der Waals surface area contributed by atoms with Crippen molar-refractivity contribution in [3.63, 3.8) is 0 Å². The van der Waals surface area contributed by atoms with E-state index in [2.05, 4.69) is 5.32 Å². The molecule has 3 aliphatic rings. The first kappa shape index (κ1) is 18.5. The van der Waals surface area contributed by atoms with E-state index in [4.69, 9.17) is 5.73 Å². The smallest absolute Gasteiger partial charge is 0.230 e. The molecule has 0 heterocycles. The summed E-state index contributed by atoms with van der Waals surface area (Å²) in [7, 11) is 3.60. The Balaban J connectivity index is 0.00000192. The van der Waals surface area contributed by atoms with Crippen molar-refractivity contribution in [2.75, 3.05) is 20.6 Å². The molecule has 4 atom stereocenters. The van der Waals surface area contributed by atoms with Crippen molar-refractivity contribution in [2.24, 2.45) is 28.9 Å². The summed E-state index contributed by atoms with van der Waals surface area (Å²) in [6.45, 7) is 0.476. The third-order valence-electron chi connectivity index (χ3n) is 6.30. The Kier molecular flexibility index (Phi) is 5.62. The molecule has 0 aromatic rings. The van der Waals surface area contributed by atoms with E-state index in [0.29, 0.717) is 18.4 Å². The second-order valence-electron chi connectivity index (χ2n) is 7.84. The Hall–Kier alpha value is -0.810. The lowest BCUT2D eigenvalue weighted by Crippen LogP contribution is -2.50. The number of carbonyl (C=O) groups excluding carboxylic acids is 2. The monoisotopic (exact) mass is 343 g/mol. The molecule has 6 heteroatoms. The summed E-state index contributed by atoms with van der Waals surface area (Å²) < 4.78 is 0. The van der Waals surface area contributed by atoms with Gasteiger partial charge in [-0.3, -0.25) is 9.59 Å². The molecule has 0 radical (unpaired) electrons. The van der Waals surface area contributed by atoms with Crippen LogP contribution in [0.15, 0.2) is 0 Å². The second kappa shape index (κ2) is 6.98. The van der Waals surface area contributed by atoms with Crippen LogP contribution in [0.3, 0.4) is 0 Å². The van der Waals surface area contributed by atoms with E-state index in [-0.39, 0.29) is 41.6 Å². The maximum Gasteiger partial charge on any atom is 0.230 e. The van der Waals surface area contributed by atoms with Crippen LogP contribution in [0, 0.1) is 23.2 Å². The van der Waals surface area contributed by atoms with Crippen LogP contribution in [0.2, 0.25) is 0 Å². The van der Waals surface area contributed by atoms with Gasteiger partial charge in [-0.1, -0.05) is 12.8 Å². The standard InChI is InChI=1S/C17H29N3O2.ClH/c1-20(2)16(22)17(7-3-4-8-17)10-19-15(21)13-11-5-6-12(9-11)14(13)18;/h11-14H,3-10,18H2,1-2H3,(H,19,21);1H. The van der Waals surface area contributed by atoms with Crippen LogP contribution in [0.5, 0.6) is 0 Å².